The molecule has 2 nitrogen and oxygen atoms in total. The molecule has 0 bridgehead atoms. The summed E-state index contributed by atoms with van der Waals surface area (Å²) in [5, 5.41) is 0. The minimum absolute atomic E-state index is 0.0161. The number of hydrogen-bond donors (Lipinski definition) is 2. The van der Waals surface area contributed by atoms with Crippen LogP contribution < -0.4 is 11.3 Å². The summed E-state index contributed by atoms with van der Waals surface area (Å²) in [5.74, 6) is 7.52. The minimum Gasteiger partial charge on any atom is -0.271 e. The fourth-order valence-corrected chi connectivity index (χ4v) is 3.68. The monoisotopic (exact) mass is 270 g/mol. The van der Waals surface area contributed by atoms with E-state index < -0.39 is 11.7 Å². The van der Waals surface area contributed by atoms with Crippen LogP contribution in [-0.2, 0) is 6.18 Å². The van der Waals surface area contributed by atoms with Crippen molar-refractivity contribution < 1.29 is 13.2 Å². The molecule has 0 radical (unpaired) electrons. The molecule has 0 aliphatic heterocycles. The van der Waals surface area contributed by atoms with Crippen molar-refractivity contribution in [2.75, 3.05) is 0 Å². The van der Waals surface area contributed by atoms with Gasteiger partial charge in [0.25, 0.3) is 0 Å². The fraction of sp³-hybridized carbons (Fsp3) is 0.571. The first-order valence-corrected chi connectivity index (χ1v) is 6.65. The highest BCUT2D eigenvalue weighted by Gasteiger charge is 2.55. The Labute approximate surface area is 110 Å². The van der Waals surface area contributed by atoms with Gasteiger partial charge in [0.2, 0.25) is 0 Å². The van der Waals surface area contributed by atoms with E-state index in [9.17, 15) is 13.2 Å². The molecule has 1 aromatic rings. The van der Waals surface area contributed by atoms with Gasteiger partial charge in [0.15, 0.2) is 0 Å². The Hall–Kier alpha value is -1.07. The molecule has 19 heavy (non-hydrogen) atoms. The lowest BCUT2D eigenvalue weighted by atomic mass is 9.96. The molecule has 3 N–H and O–H groups in total. The predicted molar refractivity (Wildman–Crippen MR) is 65.8 cm³/mol. The standard InChI is InChI=1S/C14H17F3N2/c15-14(16,17)9-6-4-8(5-7-9)13(19-18)12-10-2-1-3-11(10)12/h4-7,10-13,19H,1-3,18H2. The maximum atomic E-state index is 12.5. The second kappa shape index (κ2) is 4.49. The Balaban J connectivity index is 1.77. The van der Waals surface area contributed by atoms with Gasteiger partial charge in [-0.05, 0) is 48.3 Å². The molecule has 104 valence electrons. The summed E-state index contributed by atoms with van der Waals surface area (Å²) in [7, 11) is 0. The molecule has 3 atom stereocenters. The highest BCUT2D eigenvalue weighted by molar-refractivity contribution is 5.29. The number of benzene rings is 1. The summed E-state index contributed by atoms with van der Waals surface area (Å²) >= 11 is 0. The SMILES string of the molecule is NNC(c1ccc(C(F)(F)F)cc1)C1C2CCCC21. The lowest BCUT2D eigenvalue weighted by Gasteiger charge is -2.19. The lowest BCUT2D eigenvalue weighted by Crippen LogP contribution is -2.30. The van der Waals surface area contributed by atoms with Crippen LogP contribution >= 0.6 is 0 Å². The van der Waals surface area contributed by atoms with Crippen molar-refractivity contribution in [2.24, 2.45) is 23.6 Å². The Kier molecular flexibility index (Phi) is 3.06. The average Bonchev–Trinajstić information content (AvgIpc) is 2.84. The van der Waals surface area contributed by atoms with Gasteiger partial charge in [-0.25, -0.2) is 0 Å². The van der Waals surface area contributed by atoms with Crippen molar-refractivity contribution in [2.45, 2.75) is 31.5 Å². The zero-order chi connectivity index (χ0) is 13.6. The molecule has 3 unspecified atom stereocenters. The molecule has 0 heterocycles. The number of nitrogens with one attached hydrogen (secondary N) is 1. The van der Waals surface area contributed by atoms with Crippen LogP contribution in [0.3, 0.4) is 0 Å². The zero-order valence-electron chi connectivity index (χ0n) is 10.5. The summed E-state index contributed by atoms with van der Waals surface area (Å²) in [5.41, 5.74) is 3.03. The third kappa shape index (κ3) is 2.25. The number of halogens is 3. The smallest absolute Gasteiger partial charge is 0.271 e. The van der Waals surface area contributed by atoms with E-state index in [1.807, 2.05) is 0 Å². The van der Waals surface area contributed by atoms with E-state index in [2.05, 4.69) is 5.43 Å². The van der Waals surface area contributed by atoms with Gasteiger partial charge in [0.05, 0.1) is 5.56 Å². The fourth-order valence-electron chi connectivity index (χ4n) is 3.68. The Morgan fingerprint density at radius 2 is 1.68 bits per heavy atom. The Morgan fingerprint density at radius 3 is 2.16 bits per heavy atom. The summed E-state index contributed by atoms with van der Waals surface area (Å²) in [6.07, 6.45) is -0.543. The van der Waals surface area contributed by atoms with Crippen LogP contribution in [0.4, 0.5) is 13.2 Å². The largest absolute Gasteiger partial charge is 0.416 e. The molecular formula is C14H17F3N2. The maximum Gasteiger partial charge on any atom is 0.416 e. The predicted octanol–water partition coefficient (Wildman–Crippen LogP) is 3.26. The van der Waals surface area contributed by atoms with Crippen LogP contribution in [0.15, 0.2) is 24.3 Å². The molecule has 5 heteroatoms. The second-order valence-electron chi connectivity index (χ2n) is 5.60. The summed E-state index contributed by atoms with van der Waals surface area (Å²) in [4.78, 5) is 0. The Morgan fingerprint density at radius 1 is 1.11 bits per heavy atom. The van der Waals surface area contributed by atoms with Gasteiger partial charge in [-0.15, -0.1) is 0 Å². The van der Waals surface area contributed by atoms with Gasteiger partial charge in [-0.1, -0.05) is 18.6 Å². The Bertz CT molecular complexity index is 445. The maximum absolute atomic E-state index is 12.5. The van der Waals surface area contributed by atoms with Gasteiger partial charge in [-0.2, -0.15) is 13.2 Å². The third-order valence-corrected chi connectivity index (χ3v) is 4.63. The first kappa shape index (κ1) is 12.9. The molecule has 0 spiro atoms. The summed E-state index contributed by atoms with van der Waals surface area (Å²) in [6.45, 7) is 0. The highest BCUT2D eigenvalue weighted by Crippen LogP contribution is 2.62. The van der Waals surface area contributed by atoms with Gasteiger partial charge in [0, 0.05) is 6.04 Å². The van der Waals surface area contributed by atoms with Gasteiger partial charge in [-0.3, -0.25) is 11.3 Å². The van der Waals surface area contributed by atoms with E-state index in [0.29, 0.717) is 17.8 Å². The number of fused-ring (bicyclic) bond motifs is 1. The van der Waals surface area contributed by atoms with E-state index in [-0.39, 0.29) is 6.04 Å². The molecule has 2 fully saturated rings. The molecule has 2 aliphatic carbocycles. The quantitative estimate of drug-likeness (QED) is 0.653. The first-order valence-electron chi connectivity index (χ1n) is 6.65. The van der Waals surface area contributed by atoms with E-state index in [1.54, 1.807) is 12.1 Å². The van der Waals surface area contributed by atoms with Crippen LogP contribution in [-0.4, -0.2) is 0 Å². The van der Waals surface area contributed by atoms with Crippen LogP contribution in [0.1, 0.15) is 36.4 Å². The first-order chi connectivity index (χ1) is 9.02. The third-order valence-electron chi connectivity index (χ3n) is 4.63. The zero-order valence-corrected chi connectivity index (χ0v) is 10.5. The number of nitrogens with two attached hydrogens (primary N) is 1. The van der Waals surface area contributed by atoms with Crippen molar-refractivity contribution in [3.05, 3.63) is 35.4 Å². The van der Waals surface area contributed by atoms with E-state index in [1.165, 1.54) is 19.3 Å². The van der Waals surface area contributed by atoms with Crippen LogP contribution in [0.2, 0.25) is 0 Å². The van der Waals surface area contributed by atoms with Crippen molar-refractivity contribution in [3.63, 3.8) is 0 Å². The topological polar surface area (TPSA) is 38.0 Å². The number of rotatable bonds is 3. The molecule has 1 aromatic carbocycles. The van der Waals surface area contributed by atoms with Gasteiger partial charge < -0.3 is 0 Å². The highest BCUT2D eigenvalue weighted by atomic mass is 19.4. The van der Waals surface area contributed by atoms with Crippen LogP contribution in [0, 0.1) is 17.8 Å². The summed E-state index contributed by atoms with van der Waals surface area (Å²) < 4.78 is 37.6. The second-order valence-corrected chi connectivity index (χ2v) is 5.60. The van der Waals surface area contributed by atoms with Crippen LogP contribution in [0.25, 0.3) is 0 Å². The van der Waals surface area contributed by atoms with Gasteiger partial charge in [0.1, 0.15) is 0 Å². The molecule has 2 saturated carbocycles. The molecule has 0 saturated heterocycles. The van der Waals surface area contributed by atoms with Crippen molar-refractivity contribution in [1.82, 2.24) is 5.43 Å². The van der Waals surface area contributed by atoms with E-state index >= 15 is 0 Å². The minimum atomic E-state index is -4.28. The number of hydrazine groups is 1. The van der Waals surface area contributed by atoms with Crippen molar-refractivity contribution >= 4 is 0 Å². The normalized spacial score (nSPS) is 31.1. The van der Waals surface area contributed by atoms with Crippen LogP contribution in [0.5, 0.6) is 0 Å². The molecule has 0 aromatic heterocycles. The molecule has 3 rings (SSSR count). The molecular weight excluding hydrogens is 253 g/mol. The van der Waals surface area contributed by atoms with E-state index in [0.717, 1.165) is 17.7 Å². The summed E-state index contributed by atoms with van der Waals surface area (Å²) in [6, 6.07) is 5.34. The van der Waals surface area contributed by atoms with Crippen molar-refractivity contribution in [3.8, 4) is 0 Å². The average molecular weight is 270 g/mol. The molecule has 2 aliphatic rings. The number of alkyl halides is 3. The van der Waals surface area contributed by atoms with Crippen molar-refractivity contribution in [1.29, 1.82) is 0 Å². The van der Waals surface area contributed by atoms with E-state index in [4.69, 9.17) is 5.84 Å². The molecule has 0 amide bonds. The lowest BCUT2D eigenvalue weighted by molar-refractivity contribution is -0.137. The number of hydrogen-bond acceptors (Lipinski definition) is 2. The van der Waals surface area contributed by atoms with Gasteiger partial charge >= 0.3 is 6.18 Å².